The molecule has 8 heteroatoms. The number of carbonyl (C=O) groups is 1. The summed E-state index contributed by atoms with van der Waals surface area (Å²) in [4.78, 5) is 17.1. The molecule has 0 bridgehead atoms. The van der Waals surface area contributed by atoms with Crippen molar-refractivity contribution < 1.29 is 9.53 Å². The van der Waals surface area contributed by atoms with Crippen molar-refractivity contribution in [3.8, 4) is 34.0 Å². The van der Waals surface area contributed by atoms with Crippen LogP contribution in [0.4, 0.5) is 0 Å². The van der Waals surface area contributed by atoms with Crippen LogP contribution in [0.1, 0.15) is 10.4 Å². The summed E-state index contributed by atoms with van der Waals surface area (Å²) in [5.74, 6) is 1.72. The summed E-state index contributed by atoms with van der Waals surface area (Å²) in [6.07, 6.45) is 3.44. The van der Waals surface area contributed by atoms with Gasteiger partial charge in [0.15, 0.2) is 16.8 Å². The van der Waals surface area contributed by atoms with Gasteiger partial charge in [-0.05, 0) is 47.5 Å². The lowest BCUT2D eigenvalue weighted by atomic mass is 10.0. The number of carbonyl (C=O) groups excluding carboxylic acids is 1. The minimum Gasteiger partial charge on any atom is -0.497 e. The number of ether oxygens (including phenoxy) is 1. The molecule has 5 aromatic rings. The van der Waals surface area contributed by atoms with Crippen molar-refractivity contribution >= 4 is 34.5 Å². The number of Topliss-reactive ketones (excluding diaryl/α,β-unsaturated/α-hetero) is 1. The molecule has 36 heavy (non-hydrogen) atoms. The molecule has 180 valence electrons. The van der Waals surface area contributed by atoms with E-state index in [-0.39, 0.29) is 28.5 Å². The van der Waals surface area contributed by atoms with Gasteiger partial charge in [-0.15, -0.1) is 27.2 Å². The van der Waals surface area contributed by atoms with Crippen LogP contribution >= 0.6 is 28.7 Å². The molecule has 0 unspecified atom stereocenters. The Balaban J connectivity index is 0.00000304. The Morgan fingerprint density at radius 1 is 0.806 bits per heavy atom. The van der Waals surface area contributed by atoms with Gasteiger partial charge in [0.2, 0.25) is 0 Å². The van der Waals surface area contributed by atoms with E-state index >= 15 is 0 Å². The average molecular weight is 559 g/mol. The van der Waals surface area contributed by atoms with Gasteiger partial charge in [-0.3, -0.25) is 14.3 Å². The molecule has 2 aromatic heterocycles. The molecule has 0 aliphatic carbocycles. The van der Waals surface area contributed by atoms with Crippen molar-refractivity contribution in [2.45, 2.75) is 5.16 Å². The van der Waals surface area contributed by atoms with Crippen molar-refractivity contribution in [3.05, 3.63) is 109 Å². The van der Waals surface area contributed by atoms with Gasteiger partial charge in [0.05, 0.1) is 12.9 Å². The molecule has 0 saturated carbocycles. The Labute approximate surface area is 224 Å². The van der Waals surface area contributed by atoms with Crippen LogP contribution in [-0.4, -0.2) is 38.4 Å². The second-order valence-electron chi connectivity index (χ2n) is 7.73. The molecule has 0 atom stereocenters. The van der Waals surface area contributed by atoms with Gasteiger partial charge < -0.3 is 4.74 Å². The normalized spacial score (nSPS) is 10.5. The van der Waals surface area contributed by atoms with Gasteiger partial charge >= 0.3 is 0 Å². The zero-order valence-corrected chi connectivity index (χ0v) is 22.0. The molecule has 0 fully saturated rings. The number of hydrogen-bond donors (Lipinski definition) is 0. The summed E-state index contributed by atoms with van der Waals surface area (Å²) in [7, 11) is 1.63. The number of nitrogens with zero attached hydrogens (tertiary/aromatic N) is 4. The number of aromatic nitrogens is 4. The molecule has 0 spiro atoms. The third-order valence-electron chi connectivity index (χ3n) is 5.55. The van der Waals surface area contributed by atoms with Crippen LogP contribution in [0.3, 0.4) is 0 Å². The van der Waals surface area contributed by atoms with E-state index in [2.05, 4.69) is 27.3 Å². The zero-order valence-electron chi connectivity index (χ0n) is 19.4. The van der Waals surface area contributed by atoms with Gasteiger partial charge in [0.1, 0.15) is 5.75 Å². The molecule has 3 aromatic carbocycles. The molecule has 0 saturated heterocycles. The summed E-state index contributed by atoms with van der Waals surface area (Å²) < 4.78 is 7.25. The zero-order chi connectivity index (χ0) is 24.0. The number of rotatable bonds is 8. The molecule has 0 radical (unpaired) electrons. The topological polar surface area (TPSA) is 69.9 Å². The Hall–Kier alpha value is -3.75. The highest BCUT2D eigenvalue weighted by molar-refractivity contribution is 8.93. The first-order valence-electron chi connectivity index (χ1n) is 11.0. The standard InChI is InChI=1S/C28H22N4O2S.BrH/c1-34-25-13-11-24(12-14-25)32-27(23-15-17-29-18-16-23)30-31-28(32)35-19-26(33)22-9-7-21(8-10-22)20-5-3-2-4-6-20;/h2-18H,19H2,1H3;1H. The lowest BCUT2D eigenvalue weighted by Crippen LogP contribution is -2.05. The summed E-state index contributed by atoms with van der Waals surface area (Å²) in [6.45, 7) is 0. The van der Waals surface area contributed by atoms with E-state index in [1.807, 2.05) is 83.4 Å². The highest BCUT2D eigenvalue weighted by Gasteiger charge is 2.18. The lowest BCUT2D eigenvalue weighted by molar-refractivity contribution is 0.102. The highest BCUT2D eigenvalue weighted by atomic mass is 79.9. The smallest absolute Gasteiger partial charge is 0.196 e. The first-order valence-corrected chi connectivity index (χ1v) is 12.0. The SMILES string of the molecule is Br.COc1ccc(-n2c(SCC(=O)c3ccc(-c4ccccc4)cc3)nnc2-c2ccncc2)cc1. The number of halogens is 1. The second kappa shape index (κ2) is 11.8. The predicted molar refractivity (Wildman–Crippen MR) is 148 cm³/mol. The monoisotopic (exact) mass is 558 g/mol. The van der Waals surface area contributed by atoms with Crippen molar-refractivity contribution in [2.24, 2.45) is 0 Å². The lowest BCUT2D eigenvalue weighted by Gasteiger charge is -2.11. The summed E-state index contributed by atoms with van der Waals surface area (Å²) in [5, 5.41) is 9.46. The number of ketones is 1. The van der Waals surface area contributed by atoms with Crippen LogP contribution in [0.15, 0.2) is 109 Å². The second-order valence-corrected chi connectivity index (χ2v) is 8.67. The summed E-state index contributed by atoms with van der Waals surface area (Å²) >= 11 is 1.36. The summed E-state index contributed by atoms with van der Waals surface area (Å²) in [6, 6.07) is 29.3. The minimum absolute atomic E-state index is 0. The Morgan fingerprint density at radius 3 is 2.14 bits per heavy atom. The quantitative estimate of drug-likeness (QED) is 0.159. The largest absolute Gasteiger partial charge is 0.497 e. The predicted octanol–water partition coefficient (Wildman–Crippen LogP) is 6.56. The first kappa shape index (κ1) is 25.3. The number of pyridine rings is 1. The van der Waals surface area contributed by atoms with Crippen LogP contribution in [0.25, 0.3) is 28.2 Å². The number of benzene rings is 3. The minimum atomic E-state index is 0. The van der Waals surface area contributed by atoms with Gasteiger partial charge in [-0.25, -0.2) is 0 Å². The van der Waals surface area contributed by atoms with Gasteiger partial charge in [-0.1, -0.05) is 66.4 Å². The fourth-order valence-corrected chi connectivity index (χ4v) is 4.55. The van der Waals surface area contributed by atoms with Crippen LogP contribution in [0.2, 0.25) is 0 Å². The molecule has 2 heterocycles. The van der Waals surface area contributed by atoms with Gasteiger partial charge in [-0.2, -0.15) is 0 Å². The maximum Gasteiger partial charge on any atom is 0.196 e. The van der Waals surface area contributed by atoms with E-state index < -0.39 is 0 Å². The van der Waals surface area contributed by atoms with Crippen molar-refractivity contribution in [1.29, 1.82) is 0 Å². The van der Waals surface area contributed by atoms with E-state index in [0.29, 0.717) is 16.5 Å². The highest BCUT2D eigenvalue weighted by Crippen LogP contribution is 2.29. The Kier molecular flexibility index (Phi) is 8.30. The van der Waals surface area contributed by atoms with E-state index in [1.54, 1.807) is 19.5 Å². The summed E-state index contributed by atoms with van der Waals surface area (Å²) in [5.41, 5.74) is 4.64. The maximum absolute atomic E-state index is 13.0. The average Bonchev–Trinajstić information content (AvgIpc) is 3.37. The van der Waals surface area contributed by atoms with Gasteiger partial charge in [0.25, 0.3) is 0 Å². The molecular formula is C28H23BrN4O2S. The number of hydrogen-bond acceptors (Lipinski definition) is 6. The fraction of sp³-hybridized carbons (Fsp3) is 0.0714. The van der Waals surface area contributed by atoms with E-state index in [0.717, 1.165) is 28.1 Å². The first-order chi connectivity index (χ1) is 17.2. The van der Waals surface area contributed by atoms with Crippen LogP contribution in [0.5, 0.6) is 5.75 Å². The van der Waals surface area contributed by atoms with Crippen molar-refractivity contribution in [1.82, 2.24) is 19.7 Å². The molecule has 0 N–H and O–H groups in total. The maximum atomic E-state index is 13.0. The fourth-order valence-electron chi connectivity index (χ4n) is 3.71. The van der Waals surface area contributed by atoms with Crippen LogP contribution in [-0.2, 0) is 0 Å². The Morgan fingerprint density at radius 2 is 1.47 bits per heavy atom. The molecule has 0 aliphatic heterocycles. The Bertz CT molecular complexity index is 1420. The molecule has 0 aliphatic rings. The molecular weight excluding hydrogens is 536 g/mol. The molecule has 0 amide bonds. The molecule has 5 rings (SSSR count). The van der Waals surface area contributed by atoms with Gasteiger partial charge in [0, 0.05) is 29.2 Å². The van der Waals surface area contributed by atoms with Crippen LogP contribution < -0.4 is 4.74 Å². The van der Waals surface area contributed by atoms with E-state index in [1.165, 1.54) is 11.8 Å². The molecule has 6 nitrogen and oxygen atoms in total. The van der Waals surface area contributed by atoms with Crippen molar-refractivity contribution in [3.63, 3.8) is 0 Å². The number of thioether (sulfide) groups is 1. The third-order valence-corrected chi connectivity index (χ3v) is 6.48. The number of methoxy groups -OCH3 is 1. The van der Waals surface area contributed by atoms with E-state index in [4.69, 9.17) is 4.74 Å². The van der Waals surface area contributed by atoms with Crippen molar-refractivity contribution in [2.75, 3.05) is 12.9 Å². The van der Waals surface area contributed by atoms with E-state index in [9.17, 15) is 4.79 Å². The third kappa shape index (κ3) is 5.56. The van der Waals surface area contributed by atoms with Crippen LogP contribution in [0, 0.1) is 0 Å².